The van der Waals surface area contributed by atoms with E-state index in [-0.39, 0.29) is 17.9 Å². The second-order valence-corrected chi connectivity index (χ2v) is 5.39. The molecule has 110 valence electrons. The molecule has 20 heavy (non-hydrogen) atoms. The van der Waals surface area contributed by atoms with Gasteiger partial charge in [0.1, 0.15) is 0 Å². The Balaban J connectivity index is 1.85. The van der Waals surface area contributed by atoms with Crippen molar-refractivity contribution < 1.29 is 9.53 Å². The SMILES string of the molecule is COCCCCNC(=O)C1Cc2ccccc2NC1C. The number of fused-ring (bicyclic) bond motifs is 1. The molecule has 0 aromatic heterocycles. The van der Waals surface area contributed by atoms with Gasteiger partial charge in [-0.1, -0.05) is 18.2 Å². The summed E-state index contributed by atoms with van der Waals surface area (Å²) in [7, 11) is 1.70. The van der Waals surface area contributed by atoms with Crippen molar-refractivity contribution in [1.29, 1.82) is 0 Å². The van der Waals surface area contributed by atoms with Crippen molar-refractivity contribution in [3.8, 4) is 0 Å². The third kappa shape index (κ3) is 3.73. The summed E-state index contributed by atoms with van der Waals surface area (Å²) in [5, 5.41) is 6.46. The fourth-order valence-electron chi connectivity index (χ4n) is 2.63. The standard InChI is InChI=1S/C16H24N2O2/c1-12-14(16(19)17-9-5-6-10-20-2)11-13-7-3-4-8-15(13)18-12/h3-4,7-8,12,14,18H,5-6,9-11H2,1-2H3,(H,17,19). The number of anilines is 1. The molecule has 2 unspecified atom stereocenters. The maximum atomic E-state index is 12.3. The summed E-state index contributed by atoms with van der Waals surface area (Å²) in [6.07, 6.45) is 2.76. The molecule has 1 amide bonds. The van der Waals surface area contributed by atoms with Crippen LogP contribution in [0.2, 0.25) is 0 Å². The fourth-order valence-corrected chi connectivity index (χ4v) is 2.63. The van der Waals surface area contributed by atoms with Crippen LogP contribution in [0.1, 0.15) is 25.3 Å². The lowest BCUT2D eigenvalue weighted by molar-refractivity contribution is -0.125. The zero-order valence-electron chi connectivity index (χ0n) is 12.3. The van der Waals surface area contributed by atoms with Crippen LogP contribution in [0.5, 0.6) is 0 Å². The average Bonchev–Trinajstić information content (AvgIpc) is 2.46. The van der Waals surface area contributed by atoms with Crippen molar-refractivity contribution >= 4 is 11.6 Å². The van der Waals surface area contributed by atoms with Crippen LogP contribution in [-0.2, 0) is 16.0 Å². The molecule has 2 rings (SSSR count). The van der Waals surface area contributed by atoms with E-state index in [1.165, 1.54) is 5.56 Å². The largest absolute Gasteiger partial charge is 0.385 e. The molecule has 0 saturated heterocycles. The predicted octanol–water partition coefficient (Wildman–Crippen LogP) is 2.20. The molecular weight excluding hydrogens is 252 g/mol. The molecule has 1 aromatic carbocycles. The number of ether oxygens (including phenoxy) is 1. The summed E-state index contributed by atoms with van der Waals surface area (Å²) in [6, 6.07) is 8.38. The first-order chi connectivity index (χ1) is 9.72. The van der Waals surface area contributed by atoms with Crippen LogP contribution in [-0.4, -0.2) is 32.2 Å². The third-order valence-corrected chi connectivity index (χ3v) is 3.86. The van der Waals surface area contributed by atoms with E-state index >= 15 is 0 Å². The molecule has 2 N–H and O–H groups in total. The van der Waals surface area contributed by atoms with Gasteiger partial charge in [0.2, 0.25) is 5.91 Å². The smallest absolute Gasteiger partial charge is 0.225 e. The molecule has 4 nitrogen and oxygen atoms in total. The summed E-state index contributed by atoms with van der Waals surface area (Å²) in [4.78, 5) is 12.3. The van der Waals surface area contributed by atoms with Gasteiger partial charge in [-0.2, -0.15) is 0 Å². The summed E-state index contributed by atoms with van der Waals surface area (Å²) in [5.74, 6) is 0.157. The summed E-state index contributed by atoms with van der Waals surface area (Å²) < 4.78 is 5.00. The average molecular weight is 276 g/mol. The lowest BCUT2D eigenvalue weighted by atomic mass is 9.87. The first-order valence-corrected chi connectivity index (χ1v) is 7.33. The number of carbonyl (C=O) groups is 1. The summed E-state index contributed by atoms with van der Waals surface area (Å²) in [5.41, 5.74) is 2.38. The summed E-state index contributed by atoms with van der Waals surface area (Å²) in [6.45, 7) is 3.56. The minimum absolute atomic E-state index is 0.00678. The summed E-state index contributed by atoms with van der Waals surface area (Å²) >= 11 is 0. The van der Waals surface area contributed by atoms with Crippen molar-refractivity contribution in [3.63, 3.8) is 0 Å². The highest BCUT2D eigenvalue weighted by Gasteiger charge is 2.29. The number of amides is 1. The van der Waals surface area contributed by atoms with E-state index in [0.717, 1.165) is 38.1 Å². The Morgan fingerprint density at radius 3 is 3.00 bits per heavy atom. The van der Waals surface area contributed by atoms with Crippen LogP contribution in [0, 0.1) is 5.92 Å². The Hall–Kier alpha value is -1.55. The van der Waals surface area contributed by atoms with Gasteiger partial charge in [-0.3, -0.25) is 4.79 Å². The minimum atomic E-state index is 0.00678. The van der Waals surface area contributed by atoms with E-state index in [1.54, 1.807) is 7.11 Å². The van der Waals surface area contributed by atoms with Gasteiger partial charge in [-0.25, -0.2) is 0 Å². The number of hydrogen-bond donors (Lipinski definition) is 2. The highest BCUT2D eigenvalue weighted by atomic mass is 16.5. The van der Waals surface area contributed by atoms with E-state index in [0.29, 0.717) is 0 Å². The number of carbonyl (C=O) groups excluding carboxylic acids is 1. The molecule has 0 fully saturated rings. The lowest BCUT2D eigenvalue weighted by Gasteiger charge is -2.31. The molecule has 0 saturated carbocycles. The van der Waals surface area contributed by atoms with E-state index in [4.69, 9.17) is 4.74 Å². The Morgan fingerprint density at radius 2 is 2.20 bits per heavy atom. The molecule has 4 heteroatoms. The van der Waals surface area contributed by atoms with Gasteiger partial charge in [0.05, 0.1) is 5.92 Å². The highest BCUT2D eigenvalue weighted by Crippen LogP contribution is 2.28. The van der Waals surface area contributed by atoms with Gasteiger partial charge in [-0.15, -0.1) is 0 Å². The highest BCUT2D eigenvalue weighted by molar-refractivity contribution is 5.81. The molecule has 0 radical (unpaired) electrons. The Morgan fingerprint density at radius 1 is 1.40 bits per heavy atom. The Bertz CT molecular complexity index is 448. The number of rotatable bonds is 6. The second-order valence-electron chi connectivity index (χ2n) is 5.39. The van der Waals surface area contributed by atoms with E-state index in [1.807, 2.05) is 12.1 Å². The Kier molecular flexibility index (Phi) is 5.41. The topological polar surface area (TPSA) is 50.4 Å². The maximum absolute atomic E-state index is 12.3. The normalized spacial score (nSPS) is 20.9. The lowest BCUT2D eigenvalue weighted by Crippen LogP contribution is -2.43. The molecule has 2 atom stereocenters. The van der Waals surface area contributed by atoms with Gasteiger partial charge in [0.25, 0.3) is 0 Å². The monoisotopic (exact) mass is 276 g/mol. The van der Waals surface area contributed by atoms with Gasteiger partial charge in [-0.05, 0) is 37.8 Å². The van der Waals surface area contributed by atoms with Crippen molar-refractivity contribution in [3.05, 3.63) is 29.8 Å². The Labute approximate surface area is 120 Å². The van der Waals surface area contributed by atoms with Crippen molar-refractivity contribution in [1.82, 2.24) is 5.32 Å². The van der Waals surface area contributed by atoms with Gasteiger partial charge in [0, 0.05) is 32.0 Å². The molecular formula is C16H24N2O2. The molecule has 0 spiro atoms. The van der Waals surface area contributed by atoms with Crippen LogP contribution in [0.4, 0.5) is 5.69 Å². The number of nitrogens with one attached hydrogen (secondary N) is 2. The predicted molar refractivity (Wildman–Crippen MR) is 80.8 cm³/mol. The van der Waals surface area contributed by atoms with E-state index in [9.17, 15) is 4.79 Å². The van der Waals surface area contributed by atoms with Crippen LogP contribution in [0.3, 0.4) is 0 Å². The first kappa shape index (κ1) is 14.9. The van der Waals surface area contributed by atoms with Crippen LogP contribution >= 0.6 is 0 Å². The number of methoxy groups -OCH3 is 1. The van der Waals surface area contributed by atoms with E-state index < -0.39 is 0 Å². The zero-order valence-corrected chi connectivity index (χ0v) is 12.3. The number of hydrogen-bond acceptors (Lipinski definition) is 3. The van der Waals surface area contributed by atoms with Gasteiger partial charge >= 0.3 is 0 Å². The molecule has 1 aliphatic rings. The molecule has 1 aromatic rings. The number of para-hydroxylation sites is 1. The third-order valence-electron chi connectivity index (χ3n) is 3.86. The van der Waals surface area contributed by atoms with Crippen molar-refractivity contribution in [2.75, 3.05) is 25.6 Å². The minimum Gasteiger partial charge on any atom is -0.385 e. The quantitative estimate of drug-likeness (QED) is 0.783. The number of benzene rings is 1. The first-order valence-electron chi connectivity index (χ1n) is 7.33. The van der Waals surface area contributed by atoms with Crippen LogP contribution < -0.4 is 10.6 Å². The van der Waals surface area contributed by atoms with Crippen LogP contribution in [0.25, 0.3) is 0 Å². The zero-order chi connectivity index (χ0) is 14.4. The second kappa shape index (κ2) is 7.29. The molecule has 0 aliphatic carbocycles. The maximum Gasteiger partial charge on any atom is 0.225 e. The molecule has 1 heterocycles. The molecule has 0 bridgehead atoms. The van der Waals surface area contributed by atoms with Gasteiger partial charge in [0.15, 0.2) is 0 Å². The fraction of sp³-hybridized carbons (Fsp3) is 0.562. The van der Waals surface area contributed by atoms with Crippen molar-refractivity contribution in [2.24, 2.45) is 5.92 Å². The molecule has 1 aliphatic heterocycles. The van der Waals surface area contributed by atoms with Crippen LogP contribution in [0.15, 0.2) is 24.3 Å². The van der Waals surface area contributed by atoms with Gasteiger partial charge < -0.3 is 15.4 Å². The van der Waals surface area contributed by atoms with E-state index in [2.05, 4.69) is 29.7 Å². The number of unbranched alkanes of at least 4 members (excludes halogenated alkanes) is 1. The van der Waals surface area contributed by atoms with Crippen molar-refractivity contribution in [2.45, 2.75) is 32.2 Å².